The summed E-state index contributed by atoms with van der Waals surface area (Å²) in [6, 6.07) is 10.2. The van der Waals surface area contributed by atoms with Gasteiger partial charge in [0.1, 0.15) is 17.4 Å². The van der Waals surface area contributed by atoms with Gasteiger partial charge in [0.15, 0.2) is 5.78 Å². The standard InChI is InChI=1S/C24H18F3NO4S2/c1-13-20(34-23(28-13)14-3-5-16(6-4-14)24(25,26)27)12-33-17-7-8-19-18(10-17)22(30)15(11-32-19)9-21(29)31-2/h3-10H,11-12H2,1-2H3. The van der Waals surface area contributed by atoms with E-state index in [0.29, 0.717) is 27.6 Å². The highest BCUT2D eigenvalue weighted by Gasteiger charge is 2.30. The van der Waals surface area contributed by atoms with Crippen LogP contribution in [0.2, 0.25) is 0 Å². The van der Waals surface area contributed by atoms with Crippen LogP contribution in [0.15, 0.2) is 59.0 Å². The van der Waals surface area contributed by atoms with Gasteiger partial charge in [-0.1, -0.05) is 12.1 Å². The van der Waals surface area contributed by atoms with Crippen LogP contribution in [0.5, 0.6) is 5.75 Å². The minimum atomic E-state index is -4.38. The van der Waals surface area contributed by atoms with Gasteiger partial charge in [-0.2, -0.15) is 13.2 Å². The fraction of sp³-hybridized carbons (Fsp3) is 0.208. The third-order valence-electron chi connectivity index (χ3n) is 5.09. The van der Waals surface area contributed by atoms with Crippen LogP contribution in [0.4, 0.5) is 13.2 Å². The van der Waals surface area contributed by atoms with E-state index in [-0.39, 0.29) is 18.0 Å². The van der Waals surface area contributed by atoms with Crippen LogP contribution in [-0.4, -0.2) is 30.5 Å². The first-order valence-corrected chi connectivity index (χ1v) is 11.8. The summed E-state index contributed by atoms with van der Waals surface area (Å²) in [5, 5.41) is 0.647. The monoisotopic (exact) mass is 505 g/mol. The summed E-state index contributed by atoms with van der Waals surface area (Å²) in [4.78, 5) is 30.6. The molecule has 0 radical (unpaired) electrons. The first kappa shape index (κ1) is 24.0. The predicted octanol–water partition coefficient (Wildman–Crippen LogP) is 6.10. The average Bonchev–Trinajstić information content (AvgIpc) is 3.19. The first-order chi connectivity index (χ1) is 16.2. The summed E-state index contributed by atoms with van der Waals surface area (Å²) < 4.78 is 48.6. The maximum atomic E-state index is 12.8. The predicted molar refractivity (Wildman–Crippen MR) is 123 cm³/mol. The Labute approximate surface area is 201 Å². The summed E-state index contributed by atoms with van der Waals surface area (Å²) >= 11 is 2.92. The maximum Gasteiger partial charge on any atom is 0.416 e. The van der Waals surface area contributed by atoms with Gasteiger partial charge in [-0.3, -0.25) is 4.79 Å². The van der Waals surface area contributed by atoms with E-state index in [1.807, 2.05) is 13.0 Å². The van der Waals surface area contributed by atoms with Crippen molar-refractivity contribution >= 4 is 34.9 Å². The molecule has 1 aliphatic heterocycles. The van der Waals surface area contributed by atoms with Crippen molar-refractivity contribution in [2.45, 2.75) is 23.7 Å². The van der Waals surface area contributed by atoms with Crippen LogP contribution in [0.1, 0.15) is 26.5 Å². The molecule has 0 atom stereocenters. The number of methoxy groups -OCH3 is 1. The smallest absolute Gasteiger partial charge is 0.416 e. The molecular formula is C24H18F3NO4S2. The quantitative estimate of drug-likeness (QED) is 0.237. The number of thioether (sulfide) groups is 1. The second-order valence-electron chi connectivity index (χ2n) is 7.36. The molecule has 0 saturated heterocycles. The number of thiazole rings is 1. The Morgan fingerprint density at radius 3 is 2.65 bits per heavy atom. The van der Waals surface area contributed by atoms with Crippen LogP contribution in [-0.2, 0) is 21.5 Å². The van der Waals surface area contributed by atoms with Crippen molar-refractivity contribution in [3.8, 4) is 16.3 Å². The van der Waals surface area contributed by atoms with Gasteiger partial charge in [0.05, 0.1) is 23.9 Å². The number of carbonyl (C=O) groups is 2. The van der Waals surface area contributed by atoms with Gasteiger partial charge in [0.2, 0.25) is 0 Å². The number of alkyl halides is 3. The van der Waals surface area contributed by atoms with Gasteiger partial charge in [-0.25, -0.2) is 9.78 Å². The van der Waals surface area contributed by atoms with E-state index in [1.54, 1.807) is 12.1 Å². The van der Waals surface area contributed by atoms with E-state index in [4.69, 9.17) is 4.74 Å². The number of Topliss-reactive ketones (excluding diaryl/α,β-unsaturated/α-hetero) is 1. The SMILES string of the molecule is COC(=O)C=C1COc2ccc(SCc3sc(-c4ccc(C(F)(F)F)cc4)nc3C)cc2C1=O. The average molecular weight is 506 g/mol. The zero-order valence-corrected chi connectivity index (χ0v) is 19.7. The van der Waals surface area contributed by atoms with E-state index in [9.17, 15) is 22.8 Å². The molecule has 0 unspecified atom stereocenters. The number of carbonyl (C=O) groups excluding carboxylic acids is 2. The molecular weight excluding hydrogens is 487 g/mol. The van der Waals surface area contributed by atoms with E-state index >= 15 is 0 Å². The van der Waals surface area contributed by atoms with Gasteiger partial charge in [-0.15, -0.1) is 23.1 Å². The van der Waals surface area contributed by atoms with Gasteiger partial charge in [0.25, 0.3) is 0 Å². The highest BCUT2D eigenvalue weighted by atomic mass is 32.2. The van der Waals surface area contributed by atoms with Gasteiger partial charge in [0, 0.05) is 32.7 Å². The van der Waals surface area contributed by atoms with E-state index in [2.05, 4.69) is 9.72 Å². The van der Waals surface area contributed by atoms with Crippen molar-refractivity contribution in [1.82, 2.24) is 4.98 Å². The number of rotatable bonds is 5. The Morgan fingerprint density at radius 2 is 1.97 bits per heavy atom. The fourth-order valence-electron chi connectivity index (χ4n) is 3.24. The number of ketones is 1. The van der Waals surface area contributed by atoms with E-state index < -0.39 is 17.7 Å². The van der Waals surface area contributed by atoms with Gasteiger partial charge < -0.3 is 9.47 Å². The lowest BCUT2D eigenvalue weighted by atomic mass is 10.0. The zero-order valence-electron chi connectivity index (χ0n) is 18.1. The minimum absolute atomic E-state index is 0.000207. The van der Waals surface area contributed by atoms with Crippen molar-refractivity contribution < 1.29 is 32.2 Å². The molecule has 0 fully saturated rings. The lowest BCUT2D eigenvalue weighted by Crippen LogP contribution is -2.20. The molecule has 34 heavy (non-hydrogen) atoms. The molecule has 10 heteroatoms. The summed E-state index contributed by atoms with van der Waals surface area (Å²) in [6.07, 6.45) is -3.25. The van der Waals surface area contributed by atoms with Gasteiger partial charge in [-0.05, 0) is 37.3 Å². The van der Waals surface area contributed by atoms with Crippen LogP contribution < -0.4 is 4.74 Å². The molecule has 1 aromatic heterocycles. The van der Waals surface area contributed by atoms with Crippen molar-refractivity contribution in [2.24, 2.45) is 0 Å². The van der Waals surface area contributed by atoms with Crippen LogP contribution in [0.25, 0.3) is 10.6 Å². The number of aromatic nitrogens is 1. The largest absolute Gasteiger partial charge is 0.488 e. The summed E-state index contributed by atoms with van der Waals surface area (Å²) in [7, 11) is 1.24. The van der Waals surface area contributed by atoms with Crippen molar-refractivity contribution in [3.05, 3.63) is 75.8 Å². The Morgan fingerprint density at radius 1 is 1.24 bits per heavy atom. The Hall–Kier alpha value is -3.11. The van der Waals surface area contributed by atoms with Gasteiger partial charge >= 0.3 is 12.1 Å². The Bertz CT molecular complexity index is 1280. The molecule has 2 aromatic carbocycles. The van der Waals surface area contributed by atoms with Crippen molar-refractivity contribution in [1.29, 1.82) is 0 Å². The minimum Gasteiger partial charge on any atom is -0.488 e. The number of halogens is 3. The van der Waals surface area contributed by atoms with E-state index in [1.165, 1.54) is 42.3 Å². The summed E-state index contributed by atoms with van der Waals surface area (Å²) in [6.45, 7) is 1.86. The molecule has 1 aliphatic rings. The third kappa shape index (κ3) is 5.18. The molecule has 0 saturated carbocycles. The molecule has 0 bridgehead atoms. The molecule has 176 valence electrons. The second-order valence-corrected chi connectivity index (χ2v) is 9.49. The van der Waals surface area contributed by atoms with Crippen LogP contribution in [0, 0.1) is 6.92 Å². The summed E-state index contributed by atoms with van der Waals surface area (Å²) in [5.41, 5.74) is 1.32. The molecule has 0 aliphatic carbocycles. The second kappa shape index (κ2) is 9.63. The number of fused-ring (bicyclic) bond motifs is 1. The molecule has 4 rings (SSSR count). The lowest BCUT2D eigenvalue weighted by Gasteiger charge is -2.19. The Kier molecular flexibility index (Phi) is 6.81. The molecule has 0 amide bonds. The highest BCUT2D eigenvalue weighted by molar-refractivity contribution is 7.98. The van der Waals surface area contributed by atoms with E-state index in [0.717, 1.165) is 33.7 Å². The normalized spacial score (nSPS) is 14.6. The van der Waals surface area contributed by atoms with Crippen LogP contribution in [0.3, 0.4) is 0 Å². The number of aryl methyl sites for hydroxylation is 1. The topological polar surface area (TPSA) is 65.5 Å². The summed E-state index contributed by atoms with van der Waals surface area (Å²) in [5.74, 6) is 0.121. The number of ether oxygens (including phenoxy) is 2. The third-order valence-corrected chi connectivity index (χ3v) is 7.50. The lowest BCUT2D eigenvalue weighted by molar-refractivity contribution is -0.137. The zero-order chi connectivity index (χ0) is 24.5. The molecule has 5 nitrogen and oxygen atoms in total. The molecule has 0 spiro atoms. The number of hydrogen-bond donors (Lipinski definition) is 0. The number of nitrogens with zero attached hydrogens (tertiary/aromatic N) is 1. The number of hydrogen-bond acceptors (Lipinski definition) is 7. The molecule has 3 aromatic rings. The fourth-order valence-corrected chi connectivity index (χ4v) is 5.39. The Balaban J connectivity index is 1.49. The maximum absolute atomic E-state index is 12.8. The van der Waals surface area contributed by atoms with Crippen molar-refractivity contribution in [2.75, 3.05) is 13.7 Å². The first-order valence-electron chi connectivity index (χ1n) is 10.0. The molecule has 2 heterocycles. The number of benzene rings is 2. The number of esters is 1. The van der Waals surface area contributed by atoms with Crippen molar-refractivity contribution in [3.63, 3.8) is 0 Å². The molecule has 0 N–H and O–H groups in total. The van der Waals surface area contributed by atoms with Crippen LogP contribution >= 0.6 is 23.1 Å². The highest BCUT2D eigenvalue weighted by Crippen LogP contribution is 2.37.